The van der Waals surface area contributed by atoms with E-state index in [1.54, 1.807) is 12.1 Å². The molecule has 0 radical (unpaired) electrons. The van der Waals surface area contributed by atoms with Crippen molar-refractivity contribution in [2.45, 2.75) is 94.8 Å². The lowest BCUT2D eigenvalue weighted by Gasteiger charge is -2.14. The molecule has 8 heteroatoms. The lowest BCUT2D eigenvalue weighted by molar-refractivity contribution is 0.596. The van der Waals surface area contributed by atoms with Crippen LogP contribution in [0.1, 0.15) is 93.0 Å². The first-order valence-electron chi connectivity index (χ1n) is 25.2. The number of hydrogen-bond acceptors (Lipinski definition) is 4. The molecule has 350 valence electrons. The summed E-state index contributed by atoms with van der Waals surface area (Å²) in [6.07, 6.45) is 11.5. The van der Waals surface area contributed by atoms with E-state index in [9.17, 15) is 18.9 Å². The third-order valence-corrected chi connectivity index (χ3v) is 16.3. The first-order chi connectivity index (χ1) is 34.7. The third kappa shape index (κ3) is 7.75. The zero-order chi connectivity index (χ0) is 48.8. The number of para-hydroxylation sites is 2. The van der Waals surface area contributed by atoms with Gasteiger partial charge in [-0.15, -0.1) is 0 Å². The average molecular weight is 946 g/mol. The van der Waals surface area contributed by atoms with Crippen LogP contribution in [0.15, 0.2) is 168 Å². The minimum Gasteiger partial charge on any atom is -0.308 e. The van der Waals surface area contributed by atoms with Gasteiger partial charge >= 0.3 is 0 Å². The van der Waals surface area contributed by atoms with Crippen LogP contribution in [0.5, 0.6) is 0 Å². The lowest BCUT2D eigenvalue weighted by Crippen LogP contribution is -2.05. The summed E-state index contributed by atoms with van der Waals surface area (Å²) in [4.78, 5) is -0.0602. The molecule has 0 saturated carbocycles. The van der Waals surface area contributed by atoms with E-state index in [-0.39, 0.29) is 20.9 Å². The maximum absolute atomic E-state index is 14.3. The minimum absolute atomic E-state index is 0.0609. The van der Waals surface area contributed by atoms with E-state index < -0.39 is 9.84 Å². The van der Waals surface area contributed by atoms with Gasteiger partial charge < -0.3 is 13.7 Å². The number of nitrogens with zero attached hydrogens (tertiary/aromatic N) is 5. The van der Waals surface area contributed by atoms with E-state index in [4.69, 9.17) is 0 Å². The highest BCUT2D eigenvalue weighted by atomic mass is 32.2. The van der Waals surface area contributed by atoms with Crippen LogP contribution in [-0.4, -0.2) is 22.1 Å². The number of aryl methyl sites for hydroxylation is 3. The van der Waals surface area contributed by atoms with Gasteiger partial charge in [0.2, 0.25) is 9.84 Å². The predicted octanol–water partition coefficient (Wildman–Crippen LogP) is 16.1. The van der Waals surface area contributed by atoms with Crippen molar-refractivity contribution in [1.82, 2.24) is 13.7 Å². The molecule has 0 N–H and O–H groups in total. The summed E-state index contributed by atoms with van der Waals surface area (Å²) < 4.78 is 36.0. The molecule has 11 rings (SSSR count). The summed E-state index contributed by atoms with van der Waals surface area (Å²) in [6, 6.07) is 57.7. The van der Waals surface area contributed by atoms with E-state index in [0.29, 0.717) is 0 Å². The van der Waals surface area contributed by atoms with Crippen LogP contribution in [0, 0.1) is 29.6 Å². The molecule has 0 aliphatic rings. The monoisotopic (exact) mass is 945 g/mol. The van der Waals surface area contributed by atoms with E-state index in [1.165, 1.54) is 84.0 Å². The molecule has 7 nitrogen and oxygen atoms in total. The van der Waals surface area contributed by atoms with E-state index >= 15 is 0 Å². The second kappa shape index (κ2) is 18.8. The Hall–Kier alpha value is -7.91. The van der Waals surface area contributed by atoms with E-state index in [0.717, 1.165) is 97.6 Å². The van der Waals surface area contributed by atoms with Crippen LogP contribution in [-0.2, 0) is 22.7 Å². The fourth-order valence-electron chi connectivity index (χ4n) is 11.1. The Kier molecular flexibility index (Phi) is 12.0. The van der Waals surface area contributed by atoms with Crippen molar-refractivity contribution in [2.75, 3.05) is 0 Å². The Morgan fingerprint density at radius 1 is 0.465 bits per heavy atom. The molecule has 71 heavy (non-hydrogen) atoms. The predicted molar refractivity (Wildman–Crippen MR) is 291 cm³/mol. The van der Waals surface area contributed by atoms with Gasteiger partial charge in [-0.2, -0.15) is 10.5 Å². The number of aromatic nitrogens is 3. The van der Waals surface area contributed by atoms with Gasteiger partial charge in [0, 0.05) is 49.4 Å². The summed E-state index contributed by atoms with van der Waals surface area (Å²) in [7, 11) is -4.13. The maximum Gasteiger partial charge on any atom is 0.207 e. The first kappa shape index (κ1) is 45.5. The molecular weight excluding hydrogens is 891 g/mol. The van der Waals surface area contributed by atoms with E-state index in [1.807, 2.05) is 24.3 Å². The van der Waals surface area contributed by atoms with Crippen LogP contribution in [0.2, 0.25) is 0 Å². The molecule has 0 fully saturated rings. The van der Waals surface area contributed by atoms with E-state index in [2.05, 4.69) is 150 Å². The van der Waals surface area contributed by atoms with Crippen molar-refractivity contribution in [3.63, 3.8) is 0 Å². The SMILES string of the molecule is CCCCCCc1ccc2c(c1)c1c(c3c4cc(C)ccc4n(-c4ccc(S(=O)(=O)c5ccc(C#N)cc5C#N)cc4)c3c3c4cc(CCCCCC)ccc4n(-c4ccccc4)c31)n2-c1ccccc1. The number of fused-ring (bicyclic) bond motifs is 12. The number of rotatable bonds is 15. The van der Waals surface area contributed by atoms with Crippen molar-refractivity contribution >= 4 is 75.3 Å². The molecule has 0 aliphatic heterocycles. The second-order valence-electron chi connectivity index (χ2n) is 19.1. The fraction of sp³-hybridized carbons (Fsp3) is 0.206. The van der Waals surface area contributed by atoms with Gasteiger partial charge in [0.05, 0.1) is 60.1 Å². The van der Waals surface area contributed by atoms with Gasteiger partial charge in [-0.1, -0.05) is 113 Å². The maximum atomic E-state index is 14.3. The summed E-state index contributed by atoms with van der Waals surface area (Å²) in [5.74, 6) is 0. The third-order valence-electron chi connectivity index (χ3n) is 14.5. The number of benzene rings is 8. The van der Waals surface area contributed by atoms with Crippen molar-refractivity contribution in [2.24, 2.45) is 0 Å². The smallest absolute Gasteiger partial charge is 0.207 e. The highest BCUT2D eigenvalue weighted by Crippen LogP contribution is 2.51. The van der Waals surface area contributed by atoms with Gasteiger partial charge in [0.25, 0.3) is 0 Å². The zero-order valence-corrected chi connectivity index (χ0v) is 41.4. The molecule has 0 saturated heterocycles. The zero-order valence-electron chi connectivity index (χ0n) is 40.5. The van der Waals surface area contributed by atoms with Crippen LogP contribution in [0.4, 0.5) is 0 Å². The second-order valence-corrected chi connectivity index (χ2v) is 21.0. The number of unbranched alkanes of at least 4 members (excludes halogenated alkanes) is 6. The van der Waals surface area contributed by atoms with Gasteiger partial charge in [-0.25, -0.2) is 8.42 Å². The Balaban J connectivity index is 1.32. The first-order valence-corrected chi connectivity index (χ1v) is 26.7. The van der Waals surface area contributed by atoms with Crippen LogP contribution >= 0.6 is 0 Å². The van der Waals surface area contributed by atoms with Crippen molar-refractivity contribution in [3.05, 3.63) is 186 Å². The van der Waals surface area contributed by atoms with Crippen LogP contribution in [0.25, 0.3) is 82.5 Å². The molecule has 0 unspecified atom stereocenters. The van der Waals surface area contributed by atoms with Crippen molar-refractivity contribution < 1.29 is 8.42 Å². The van der Waals surface area contributed by atoms with Crippen molar-refractivity contribution in [3.8, 4) is 29.2 Å². The van der Waals surface area contributed by atoms with Gasteiger partial charge in [-0.3, -0.25) is 0 Å². The van der Waals surface area contributed by atoms with Crippen molar-refractivity contribution in [1.29, 1.82) is 10.5 Å². The topological polar surface area (TPSA) is 96.5 Å². The molecule has 3 heterocycles. The summed E-state index contributed by atoms with van der Waals surface area (Å²) in [5.41, 5.74) is 13.5. The normalized spacial score (nSPS) is 12.0. The van der Waals surface area contributed by atoms with Crippen LogP contribution < -0.4 is 0 Å². The highest BCUT2D eigenvalue weighted by Gasteiger charge is 2.30. The lowest BCUT2D eigenvalue weighted by atomic mass is 9.99. The average Bonchev–Trinajstić information content (AvgIpc) is 4.04. The molecule has 0 amide bonds. The summed E-state index contributed by atoms with van der Waals surface area (Å²) >= 11 is 0. The van der Waals surface area contributed by atoms with Gasteiger partial charge in [0.15, 0.2) is 0 Å². The molecule has 0 spiro atoms. The molecule has 11 aromatic rings. The summed E-state index contributed by atoms with van der Waals surface area (Å²) in [6.45, 7) is 6.68. The van der Waals surface area contributed by atoms with Gasteiger partial charge in [0.1, 0.15) is 6.07 Å². The van der Waals surface area contributed by atoms with Gasteiger partial charge in [-0.05, 0) is 147 Å². The summed E-state index contributed by atoms with van der Waals surface area (Å²) in [5, 5.41) is 26.5. The number of hydrogen-bond donors (Lipinski definition) is 0. The highest BCUT2D eigenvalue weighted by molar-refractivity contribution is 7.91. The number of sulfone groups is 1. The largest absolute Gasteiger partial charge is 0.308 e. The Labute approximate surface area is 415 Å². The standard InChI is InChI=1S/C63H55N5O2S/c1-4-6-8-12-18-43-25-33-55-52(38-43)59-61(66(55)47-20-14-10-15-21-47)58-51-36-42(3)24-32-54(51)68(49-28-30-50(31-29-49)71(69,70)57-35-27-45(40-64)37-46(57)41-65)62(58)60-53-39-44(19-13-9-7-5-2)26-34-56(53)67(63(59)60)48-22-16-11-17-23-48/h10-11,14-17,20-39H,4-9,12-13,18-19H2,1-3H3. The molecule has 0 aliphatic carbocycles. The molecule has 3 aromatic heterocycles. The quantitative estimate of drug-likeness (QED) is 0.0956. The Bertz CT molecular complexity index is 4050. The fourth-order valence-corrected chi connectivity index (χ4v) is 12.5. The molecule has 0 atom stereocenters. The molecule has 0 bridgehead atoms. The molecular formula is C63H55N5O2S. The molecule has 8 aromatic carbocycles. The Morgan fingerprint density at radius 3 is 1.39 bits per heavy atom. The van der Waals surface area contributed by atoms with Crippen LogP contribution in [0.3, 0.4) is 0 Å². The Morgan fingerprint density at radius 2 is 0.930 bits per heavy atom. The number of nitriles is 2. The minimum atomic E-state index is -4.13.